The fourth-order valence-electron chi connectivity index (χ4n) is 3.79. The van der Waals surface area contributed by atoms with Crippen LogP contribution in [0.15, 0.2) is 53.4 Å². The molecule has 0 bridgehead atoms. The van der Waals surface area contributed by atoms with Gasteiger partial charge in [-0.3, -0.25) is 9.59 Å². The highest BCUT2D eigenvalue weighted by Crippen LogP contribution is 2.26. The van der Waals surface area contributed by atoms with Gasteiger partial charge in [0.15, 0.2) is 0 Å². The fraction of sp³-hybridized carbons (Fsp3) is 0.391. The zero-order valence-corrected chi connectivity index (χ0v) is 18.7. The largest absolute Gasteiger partial charge is 0.355 e. The molecule has 2 aromatic carbocycles. The van der Waals surface area contributed by atoms with Crippen LogP contribution in [0.25, 0.3) is 0 Å². The van der Waals surface area contributed by atoms with Crippen LogP contribution in [0.5, 0.6) is 0 Å². The molecule has 1 aliphatic rings. The minimum absolute atomic E-state index is 0.0384. The van der Waals surface area contributed by atoms with Crippen molar-refractivity contribution in [3.05, 3.63) is 65.2 Å². The number of hydrogen-bond acceptors (Lipinski definition) is 4. The predicted octanol–water partition coefficient (Wildman–Crippen LogP) is 2.93. The summed E-state index contributed by atoms with van der Waals surface area (Å²) in [6.45, 7) is 0.303. The van der Waals surface area contributed by atoms with Crippen molar-refractivity contribution < 1.29 is 18.0 Å². The lowest BCUT2D eigenvalue weighted by atomic mass is 9.96. The molecule has 0 aromatic heterocycles. The van der Waals surface area contributed by atoms with Crippen molar-refractivity contribution in [1.82, 2.24) is 14.9 Å². The Morgan fingerprint density at radius 1 is 0.903 bits per heavy atom. The molecular weight excluding hydrogens is 414 g/mol. The van der Waals surface area contributed by atoms with Crippen LogP contribution in [0, 0.1) is 0 Å². The Balaban J connectivity index is 1.61. The summed E-state index contributed by atoms with van der Waals surface area (Å²) in [4.78, 5) is 24.2. The van der Waals surface area contributed by atoms with Gasteiger partial charge < -0.3 is 10.6 Å². The summed E-state index contributed by atoms with van der Waals surface area (Å²) in [6, 6.07) is 13.0. The highest BCUT2D eigenvalue weighted by atomic mass is 32.2. The van der Waals surface area contributed by atoms with Gasteiger partial charge in [0.05, 0.1) is 4.90 Å². The van der Waals surface area contributed by atoms with Gasteiger partial charge in [0, 0.05) is 37.8 Å². The predicted molar refractivity (Wildman–Crippen MR) is 119 cm³/mol. The van der Waals surface area contributed by atoms with Gasteiger partial charge in [0.25, 0.3) is 11.8 Å². The number of rotatable bonds is 7. The number of hydrogen-bond donors (Lipinski definition) is 2. The van der Waals surface area contributed by atoms with E-state index in [1.807, 2.05) is 0 Å². The van der Waals surface area contributed by atoms with E-state index in [2.05, 4.69) is 10.6 Å². The molecule has 0 aliphatic heterocycles. The number of amides is 2. The first kappa shape index (κ1) is 23.0. The molecule has 1 aliphatic carbocycles. The average molecular weight is 444 g/mol. The summed E-state index contributed by atoms with van der Waals surface area (Å²) < 4.78 is 27.3. The number of benzene rings is 2. The Hall–Kier alpha value is -2.71. The van der Waals surface area contributed by atoms with Gasteiger partial charge in [-0.2, -0.15) is 4.31 Å². The van der Waals surface area contributed by atoms with E-state index >= 15 is 0 Å². The van der Waals surface area contributed by atoms with Crippen LogP contribution in [0.4, 0.5) is 0 Å². The number of nitrogens with zero attached hydrogens (tertiary/aromatic N) is 1. The Labute approximate surface area is 183 Å². The molecule has 0 saturated heterocycles. The van der Waals surface area contributed by atoms with Crippen LogP contribution in [0.2, 0.25) is 0 Å². The molecule has 0 spiro atoms. The normalized spacial score (nSPS) is 14.9. The molecule has 7 nitrogen and oxygen atoms in total. The summed E-state index contributed by atoms with van der Waals surface area (Å²) >= 11 is 0. The molecule has 2 N–H and O–H groups in total. The highest BCUT2D eigenvalue weighted by molar-refractivity contribution is 7.89. The third-order valence-electron chi connectivity index (χ3n) is 5.78. The zero-order valence-electron chi connectivity index (χ0n) is 17.9. The molecule has 2 amide bonds. The lowest BCUT2D eigenvalue weighted by molar-refractivity contribution is 0.0946. The van der Waals surface area contributed by atoms with Crippen LogP contribution >= 0.6 is 0 Å². The van der Waals surface area contributed by atoms with Gasteiger partial charge in [-0.25, -0.2) is 8.42 Å². The van der Waals surface area contributed by atoms with Crippen LogP contribution in [0.1, 0.15) is 58.4 Å². The molecule has 0 radical (unpaired) electrons. The molecule has 8 heteroatoms. The second-order valence-corrected chi connectivity index (χ2v) is 9.79. The molecule has 31 heavy (non-hydrogen) atoms. The summed E-state index contributed by atoms with van der Waals surface area (Å²) in [7, 11) is -0.370. The van der Waals surface area contributed by atoms with Gasteiger partial charge >= 0.3 is 0 Å². The summed E-state index contributed by atoms with van der Waals surface area (Å²) in [5.74, 6) is -0.459. The monoisotopic (exact) mass is 443 g/mol. The topological polar surface area (TPSA) is 95.6 Å². The Bertz CT molecular complexity index is 1010. The van der Waals surface area contributed by atoms with Crippen LogP contribution < -0.4 is 10.6 Å². The van der Waals surface area contributed by atoms with Crippen molar-refractivity contribution in [2.45, 2.75) is 49.6 Å². The van der Waals surface area contributed by atoms with E-state index in [1.54, 1.807) is 38.4 Å². The molecule has 0 atom stereocenters. The standard InChI is InChI=1S/C23H29N3O4S/c1-24-22(27)18-10-8-17(9-11-18)16-25-23(28)19-12-14-21(15-13-19)31(29,30)26(2)20-6-4-3-5-7-20/h8-15,20H,3-7,16H2,1-2H3,(H,24,27)(H,25,28). The first-order valence-electron chi connectivity index (χ1n) is 10.5. The zero-order chi connectivity index (χ0) is 22.4. The van der Waals surface area contributed by atoms with Crippen molar-refractivity contribution in [3.63, 3.8) is 0 Å². The molecule has 0 unspecified atom stereocenters. The van der Waals surface area contributed by atoms with Gasteiger partial charge in [0.2, 0.25) is 10.0 Å². The number of carbonyl (C=O) groups excluding carboxylic acids is 2. The fourth-order valence-corrected chi connectivity index (χ4v) is 5.20. The minimum Gasteiger partial charge on any atom is -0.355 e. The summed E-state index contributed by atoms with van der Waals surface area (Å²) in [5.41, 5.74) is 1.79. The molecule has 2 aromatic rings. The van der Waals surface area contributed by atoms with E-state index in [1.165, 1.54) is 28.6 Å². The van der Waals surface area contributed by atoms with Gasteiger partial charge in [0.1, 0.15) is 0 Å². The third-order valence-corrected chi connectivity index (χ3v) is 7.70. The smallest absolute Gasteiger partial charge is 0.251 e. The number of sulfonamides is 1. The van der Waals surface area contributed by atoms with E-state index in [4.69, 9.17) is 0 Å². The molecule has 3 rings (SSSR count). The van der Waals surface area contributed by atoms with Crippen LogP contribution in [0.3, 0.4) is 0 Å². The average Bonchev–Trinajstić information content (AvgIpc) is 2.82. The lowest BCUT2D eigenvalue weighted by Gasteiger charge is -2.30. The Kier molecular flexibility index (Phi) is 7.46. The maximum absolute atomic E-state index is 12.9. The molecular formula is C23H29N3O4S. The van der Waals surface area contributed by atoms with E-state index in [9.17, 15) is 18.0 Å². The van der Waals surface area contributed by atoms with Crippen molar-refractivity contribution >= 4 is 21.8 Å². The van der Waals surface area contributed by atoms with E-state index in [-0.39, 0.29) is 22.8 Å². The Morgan fingerprint density at radius 2 is 1.45 bits per heavy atom. The molecule has 1 fully saturated rings. The molecule has 0 heterocycles. The maximum Gasteiger partial charge on any atom is 0.251 e. The maximum atomic E-state index is 12.9. The second kappa shape index (κ2) is 10.1. The van der Waals surface area contributed by atoms with E-state index in [0.29, 0.717) is 17.7 Å². The van der Waals surface area contributed by atoms with Crippen molar-refractivity contribution in [2.24, 2.45) is 0 Å². The SMILES string of the molecule is CNC(=O)c1ccc(CNC(=O)c2ccc(S(=O)(=O)N(C)C3CCCCC3)cc2)cc1. The van der Waals surface area contributed by atoms with E-state index < -0.39 is 10.0 Å². The first-order chi connectivity index (χ1) is 14.8. The molecule has 166 valence electrons. The summed E-state index contributed by atoms with van der Waals surface area (Å²) in [5, 5.41) is 5.37. The van der Waals surface area contributed by atoms with Crippen molar-refractivity contribution in [1.29, 1.82) is 0 Å². The van der Waals surface area contributed by atoms with Crippen molar-refractivity contribution in [3.8, 4) is 0 Å². The van der Waals surface area contributed by atoms with Gasteiger partial charge in [-0.15, -0.1) is 0 Å². The Morgan fingerprint density at radius 3 is 2.03 bits per heavy atom. The van der Waals surface area contributed by atoms with Crippen LogP contribution in [-0.4, -0.2) is 44.7 Å². The minimum atomic E-state index is -3.58. The quantitative estimate of drug-likeness (QED) is 0.688. The van der Waals surface area contributed by atoms with Crippen molar-refractivity contribution in [2.75, 3.05) is 14.1 Å². The molecule has 1 saturated carbocycles. The van der Waals surface area contributed by atoms with E-state index in [0.717, 1.165) is 37.7 Å². The summed E-state index contributed by atoms with van der Waals surface area (Å²) in [6.07, 6.45) is 5.05. The van der Waals surface area contributed by atoms with Gasteiger partial charge in [-0.05, 0) is 54.8 Å². The number of carbonyl (C=O) groups is 2. The number of nitrogens with one attached hydrogen (secondary N) is 2. The van der Waals surface area contributed by atoms with Gasteiger partial charge in [-0.1, -0.05) is 31.4 Å². The lowest BCUT2D eigenvalue weighted by Crippen LogP contribution is -2.38. The third kappa shape index (κ3) is 5.51. The first-order valence-corrected chi connectivity index (χ1v) is 11.9. The van der Waals surface area contributed by atoms with Crippen LogP contribution in [-0.2, 0) is 16.6 Å². The highest BCUT2D eigenvalue weighted by Gasteiger charge is 2.29. The second-order valence-electron chi connectivity index (χ2n) is 7.80.